The van der Waals surface area contributed by atoms with Crippen LogP contribution in [0, 0.1) is 0 Å². The molecule has 0 unspecified atom stereocenters. The van der Waals surface area contributed by atoms with Crippen molar-refractivity contribution in [3.05, 3.63) is 76.1 Å². The smallest absolute Gasteiger partial charge is 0.193 e. The van der Waals surface area contributed by atoms with Crippen molar-refractivity contribution >= 4 is 11.0 Å². The third kappa shape index (κ3) is 3.02. The minimum absolute atomic E-state index is 0.102. The molecular weight excluding hydrogens is 278 g/mol. The zero-order valence-electron chi connectivity index (χ0n) is 12.1. The number of hydrogen-bond acceptors (Lipinski definition) is 4. The van der Waals surface area contributed by atoms with Crippen molar-refractivity contribution in [3.63, 3.8) is 0 Å². The second kappa shape index (κ2) is 6.45. The van der Waals surface area contributed by atoms with Crippen molar-refractivity contribution in [2.75, 3.05) is 6.61 Å². The monoisotopic (exact) mass is 295 g/mol. The molecule has 0 aliphatic rings. The summed E-state index contributed by atoms with van der Waals surface area (Å²) in [6.07, 6.45) is 0.790. The molecule has 0 aliphatic carbocycles. The maximum atomic E-state index is 12.0. The quantitative estimate of drug-likeness (QED) is 0.786. The molecule has 3 rings (SSSR count). The average molecular weight is 295 g/mol. The molecule has 0 saturated heterocycles. The van der Waals surface area contributed by atoms with E-state index in [1.165, 1.54) is 11.6 Å². The predicted octanol–water partition coefficient (Wildman–Crippen LogP) is 2.87. The maximum absolute atomic E-state index is 12.0. The van der Waals surface area contributed by atoms with Crippen LogP contribution in [0.15, 0.2) is 63.8 Å². The lowest BCUT2D eigenvalue weighted by molar-refractivity contribution is 0.319. The minimum atomic E-state index is -0.102. The second-order valence-corrected chi connectivity index (χ2v) is 5.00. The summed E-state index contributed by atoms with van der Waals surface area (Å²) in [5.74, 6) is 1.03. The normalized spacial score (nSPS) is 10.8. The van der Waals surface area contributed by atoms with E-state index in [0.29, 0.717) is 29.1 Å². The number of ether oxygens (including phenoxy) is 1. The molecule has 0 spiro atoms. The minimum Gasteiger partial charge on any atom is -0.489 e. The van der Waals surface area contributed by atoms with Gasteiger partial charge in [0.15, 0.2) is 16.8 Å². The Morgan fingerprint density at radius 2 is 1.86 bits per heavy atom. The summed E-state index contributed by atoms with van der Waals surface area (Å²) in [4.78, 5) is 12.0. The Kier molecular flexibility index (Phi) is 4.21. The van der Waals surface area contributed by atoms with Crippen LogP contribution < -0.4 is 15.9 Å². The fourth-order valence-electron chi connectivity index (χ4n) is 2.34. The number of para-hydroxylation sites is 1. The van der Waals surface area contributed by atoms with Crippen molar-refractivity contribution in [3.8, 4) is 5.75 Å². The molecule has 0 bridgehead atoms. The van der Waals surface area contributed by atoms with Gasteiger partial charge in [-0.1, -0.05) is 36.4 Å². The Labute approximate surface area is 128 Å². The molecule has 0 radical (unpaired) electrons. The van der Waals surface area contributed by atoms with Crippen molar-refractivity contribution < 1.29 is 9.15 Å². The fraction of sp³-hybridized carbons (Fsp3) is 0.167. The third-order valence-corrected chi connectivity index (χ3v) is 3.46. The first kappa shape index (κ1) is 14.4. The Morgan fingerprint density at radius 1 is 1.05 bits per heavy atom. The van der Waals surface area contributed by atoms with Crippen LogP contribution in [-0.4, -0.2) is 6.61 Å². The van der Waals surface area contributed by atoms with Crippen LogP contribution in [0.4, 0.5) is 0 Å². The van der Waals surface area contributed by atoms with Gasteiger partial charge < -0.3 is 14.9 Å². The Balaban J connectivity index is 1.84. The SMILES string of the molecule is NCc1cc(=O)c2cccc(OCCc3ccccc3)c2o1. The van der Waals surface area contributed by atoms with Crippen LogP contribution in [0.2, 0.25) is 0 Å². The van der Waals surface area contributed by atoms with Gasteiger partial charge in [0.05, 0.1) is 18.5 Å². The van der Waals surface area contributed by atoms with Crippen molar-refractivity contribution in [1.29, 1.82) is 0 Å². The van der Waals surface area contributed by atoms with E-state index in [2.05, 4.69) is 12.1 Å². The molecule has 1 heterocycles. The maximum Gasteiger partial charge on any atom is 0.193 e. The molecule has 1 aromatic heterocycles. The van der Waals surface area contributed by atoms with Gasteiger partial charge in [-0.25, -0.2) is 0 Å². The predicted molar refractivity (Wildman–Crippen MR) is 86.0 cm³/mol. The second-order valence-electron chi connectivity index (χ2n) is 5.00. The summed E-state index contributed by atoms with van der Waals surface area (Å²) >= 11 is 0. The molecule has 3 aromatic rings. The van der Waals surface area contributed by atoms with E-state index in [-0.39, 0.29) is 12.0 Å². The van der Waals surface area contributed by atoms with Gasteiger partial charge in [-0.3, -0.25) is 4.79 Å². The van der Waals surface area contributed by atoms with Crippen LogP contribution in [0.1, 0.15) is 11.3 Å². The molecule has 0 saturated carbocycles. The van der Waals surface area contributed by atoms with Gasteiger partial charge in [0.2, 0.25) is 0 Å². The van der Waals surface area contributed by atoms with Crippen LogP contribution in [0.3, 0.4) is 0 Å². The molecule has 2 N–H and O–H groups in total. The lowest BCUT2D eigenvalue weighted by Crippen LogP contribution is -2.07. The number of nitrogens with two attached hydrogens (primary N) is 1. The van der Waals surface area contributed by atoms with E-state index < -0.39 is 0 Å². The first-order chi connectivity index (χ1) is 10.8. The average Bonchev–Trinajstić information content (AvgIpc) is 2.56. The summed E-state index contributed by atoms with van der Waals surface area (Å²) in [6.45, 7) is 0.698. The topological polar surface area (TPSA) is 65.5 Å². The van der Waals surface area contributed by atoms with Crippen LogP contribution in [0.25, 0.3) is 11.0 Å². The standard InChI is InChI=1S/C18H17NO3/c19-12-14-11-16(20)15-7-4-8-17(18(15)22-14)21-10-9-13-5-2-1-3-6-13/h1-8,11H,9-10,12,19H2. The van der Waals surface area contributed by atoms with Crippen molar-refractivity contribution in [2.45, 2.75) is 13.0 Å². The summed E-state index contributed by atoms with van der Waals surface area (Å²) in [7, 11) is 0. The van der Waals surface area contributed by atoms with Gasteiger partial charge in [-0.15, -0.1) is 0 Å². The van der Waals surface area contributed by atoms with E-state index >= 15 is 0 Å². The number of rotatable bonds is 5. The Bertz CT molecular complexity index is 825. The third-order valence-electron chi connectivity index (χ3n) is 3.46. The Morgan fingerprint density at radius 3 is 2.64 bits per heavy atom. The zero-order valence-corrected chi connectivity index (χ0v) is 12.1. The summed E-state index contributed by atoms with van der Waals surface area (Å²) < 4.78 is 11.5. The lowest BCUT2D eigenvalue weighted by atomic mass is 10.2. The summed E-state index contributed by atoms with van der Waals surface area (Å²) in [6, 6.07) is 16.8. The van der Waals surface area contributed by atoms with E-state index in [4.69, 9.17) is 14.9 Å². The first-order valence-corrected chi connectivity index (χ1v) is 7.20. The zero-order chi connectivity index (χ0) is 15.4. The van der Waals surface area contributed by atoms with E-state index in [1.807, 2.05) is 18.2 Å². The molecule has 0 atom stereocenters. The summed E-state index contributed by atoms with van der Waals surface area (Å²) in [5, 5.41) is 0.509. The molecule has 4 nitrogen and oxygen atoms in total. The van der Waals surface area contributed by atoms with Crippen molar-refractivity contribution in [2.24, 2.45) is 5.73 Å². The molecule has 2 aromatic carbocycles. The highest BCUT2D eigenvalue weighted by atomic mass is 16.5. The fourth-order valence-corrected chi connectivity index (χ4v) is 2.34. The van der Waals surface area contributed by atoms with Gasteiger partial charge in [-0.05, 0) is 17.7 Å². The van der Waals surface area contributed by atoms with E-state index in [9.17, 15) is 4.79 Å². The van der Waals surface area contributed by atoms with Crippen LogP contribution in [0.5, 0.6) is 5.75 Å². The van der Waals surface area contributed by atoms with Gasteiger partial charge in [0.25, 0.3) is 0 Å². The van der Waals surface area contributed by atoms with Crippen LogP contribution >= 0.6 is 0 Å². The first-order valence-electron chi connectivity index (χ1n) is 7.20. The van der Waals surface area contributed by atoms with Gasteiger partial charge >= 0.3 is 0 Å². The highest BCUT2D eigenvalue weighted by Gasteiger charge is 2.09. The molecule has 0 amide bonds. The van der Waals surface area contributed by atoms with Crippen LogP contribution in [-0.2, 0) is 13.0 Å². The Hall–Kier alpha value is -2.59. The number of benzene rings is 2. The summed E-state index contributed by atoms with van der Waals surface area (Å²) in [5.41, 5.74) is 7.12. The lowest BCUT2D eigenvalue weighted by Gasteiger charge is -2.09. The number of fused-ring (bicyclic) bond motifs is 1. The largest absolute Gasteiger partial charge is 0.489 e. The molecule has 112 valence electrons. The van der Waals surface area contributed by atoms with Gasteiger partial charge in [0.1, 0.15) is 5.76 Å². The highest BCUT2D eigenvalue weighted by Crippen LogP contribution is 2.24. The number of hydrogen-bond donors (Lipinski definition) is 1. The van der Waals surface area contributed by atoms with E-state index in [0.717, 1.165) is 6.42 Å². The molecule has 22 heavy (non-hydrogen) atoms. The molecular formula is C18H17NO3. The van der Waals surface area contributed by atoms with E-state index in [1.54, 1.807) is 18.2 Å². The molecule has 0 fully saturated rings. The molecule has 4 heteroatoms. The van der Waals surface area contributed by atoms with Crippen molar-refractivity contribution in [1.82, 2.24) is 0 Å². The van der Waals surface area contributed by atoms with Gasteiger partial charge in [0, 0.05) is 12.5 Å². The highest BCUT2D eigenvalue weighted by molar-refractivity contribution is 5.82. The van der Waals surface area contributed by atoms with Gasteiger partial charge in [-0.2, -0.15) is 0 Å². The molecule has 0 aliphatic heterocycles.